The Labute approximate surface area is 104 Å². The van der Waals surface area contributed by atoms with E-state index in [9.17, 15) is 4.79 Å². The van der Waals surface area contributed by atoms with Crippen LogP contribution in [0.15, 0.2) is 29.8 Å². The molecule has 1 aromatic heterocycles. The fourth-order valence-corrected chi connectivity index (χ4v) is 1.20. The number of pyridine rings is 1. The number of carboxylic acid groups (broad SMARTS) is 1. The van der Waals surface area contributed by atoms with E-state index in [-0.39, 0.29) is 0 Å². The van der Waals surface area contributed by atoms with Gasteiger partial charge in [0.1, 0.15) is 18.1 Å². The van der Waals surface area contributed by atoms with Crippen LogP contribution in [0.4, 0.5) is 0 Å². The first-order chi connectivity index (χ1) is 8.13. The number of aryl methyl sites for hydroxylation is 1. The molecular formula is C12H12ClNO3. The average molecular weight is 254 g/mol. The number of hydrogen-bond donors (Lipinski definition) is 1. The zero-order valence-corrected chi connectivity index (χ0v) is 10.0. The standard InChI is InChI=1S/C12H12ClNO3/c1-9-3-5-11(17-8-2-7-13)10(14-9)4-6-12(15)16/h2-7H,8H2,1H3,(H,15,16). The molecule has 0 aliphatic heterocycles. The molecule has 0 aliphatic carbocycles. The minimum Gasteiger partial charge on any atom is -0.487 e. The minimum absolute atomic E-state index is 0.308. The lowest BCUT2D eigenvalue weighted by Gasteiger charge is -2.06. The molecule has 1 N–H and O–H groups in total. The predicted molar refractivity (Wildman–Crippen MR) is 66.1 cm³/mol. The first-order valence-corrected chi connectivity index (χ1v) is 5.34. The molecule has 0 aromatic carbocycles. The van der Waals surface area contributed by atoms with Crippen molar-refractivity contribution in [2.75, 3.05) is 6.61 Å². The maximum Gasteiger partial charge on any atom is 0.328 e. The molecule has 1 aromatic rings. The van der Waals surface area contributed by atoms with Crippen molar-refractivity contribution in [2.45, 2.75) is 6.92 Å². The average Bonchev–Trinajstić information content (AvgIpc) is 2.29. The van der Waals surface area contributed by atoms with Gasteiger partial charge in [-0.3, -0.25) is 0 Å². The Morgan fingerprint density at radius 3 is 3.00 bits per heavy atom. The van der Waals surface area contributed by atoms with E-state index in [1.165, 1.54) is 11.6 Å². The molecule has 0 aliphatic rings. The van der Waals surface area contributed by atoms with Gasteiger partial charge < -0.3 is 9.84 Å². The van der Waals surface area contributed by atoms with E-state index in [2.05, 4.69) is 4.98 Å². The SMILES string of the molecule is Cc1ccc(OCC=CCl)c(C=CC(=O)O)n1. The maximum atomic E-state index is 10.4. The number of nitrogens with zero attached hydrogens (tertiary/aromatic N) is 1. The Morgan fingerprint density at radius 2 is 2.35 bits per heavy atom. The quantitative estimate of drug-likeness (QED) is 0.820. The molecule has 1 heterocycles. The van der Waals surface area contributed by atoms with Gasteiger partial charge in [0, 0.05) is 17.3 Å². The van der Waals surface area contributed by atoms with Crippen LogP contribution in [0.2, 0.25) is 0 Å². The second-order valence-corrected chi connectivity index (χ2v) is 3.43. The molecule has 4 nitrogen and oxygen atoms in total. The number of carbonyl (C=O) groups is 1. The number of ether oxygens (including phenoxy) is 1. The highest BCUT2D eigenvalue weighted by atomic mass is 35.5. The summed E-state index contributed by atoms with van der Waals surface area (Å²) in [6, 6.07) is 3.53. The number of aliphatic carboxylic acids is 1. The highest BCUT2D eigenvalue weighted by Crippen LogP contribution is 2.18. The molecule has 0 bridgehead atoms. The molecule has 0 atom stereocenters. The minimum atomic E-state index is -1.03. The van der Waals surface area contributed by atoms with Gasteiger partial charge >= 0.3 is 5.97 Å². The fraction of sp³-hybridized carbons (Fsp3) is 0.167. The molecule has 1 rings (SSSR count). The molecular weight excluding hydrogens is 242 g/mol. The third-order valence-electron chi connectivity index (χ3n) is 1.83. The molecule has 90 valence electrons. The lowest BCUT2D eigenvalue weighted by Crippen LogP contribution is -1.98. The van der Waals surface area contributed by atoms with Gasteiger partial charge in [-0.2, -0.15) is 0 Å². The molecule has 5 heteroatoms. The molecule has 0 saturated carbocycles. The first kappa shape index (κ1) is 13.3. The van der Waals surface area contributed by atoms with Crippen molar-refractivity contribution in [1.29, 1.82) is 0 Å². The van der Waals surface area contributed by atoms with E-state index in [0.717, 1.165) is 11.8 Å². The summed E-state index contributed by atoms with van der Waals surface area (Å²) < 4.78 is 5.39. The van der Waals surface area contributed by atoms with Gasteiger partial charge in [0.2, 0.25) is 0 Å². The van der Waals surface area contributed by atoms with Crippen molar-refractivity contribution in [3.63, 3.8) is 0 Å². The lowest BCUT2D eigenvalue weighted by atomic mass is 10.2. The zero-order chi connectivity index (χ0) is 12.7. The predicted octanol–water partition coefficient (Wildman–Crippen LogP) is 2.62. The van der Waals surface area contributed by atoms with Gasteiger partial charge in [-0.15, -0.1) is 0 Å². The van der Waals surface area contributed by atoms with Crippen LogP contribution in [0, 0.1) is 6.92 Å². The number of carboxylic acids is 1. The summed E-state index contributed by atoms with van der Waals surface area (Å²) >= 11 is 5.37. The van der Waals surface area contributed by atoms with Crippen molar-refractivity contribution in [3.8, 4) is 5.75 Å². The monoisotopic (exact) mass is 253 g/mol. The van der Waals surface area contributed by atoms with Crippen LogP contribution in [0.3, 0.4) is 0 Å². The third-order valence-corrected chi connectivity index (χ3v) is 2.01. The van der Waals surface area contributed by atoms with Crippen LogP contribution in [0.1, 0.15) is 11.4 Å². The van der Waals surface area contributed by atoms with Gasteiger partial charge in [-0.05, 0) is 31.2 Å². The number of hydrogen-bond acceptors (Lipinski definition) is 3. The summed E-state index contributed by atoms with van der Waals surface area (Å²) in [5.74, 6) is -0.511. The largest absolute Gasteiger partial charge is 0.487 e. The molecule has 0 radical (unpaired) electrons. The van der Waals surface area contributed by atoms with E-state index >= 15 is 0 Å². The smallest absolute Gasteiger partial charge is 0.328 e. The van der Waals surface area contributed by atoms with Gasteiger partial charge in [0.15, 0.2) is 0 Å². The fourth-order valence-electron chi connectivity index (χ4n) is 1.13. The Bertz CT molecular complexity index is 455. The van der Waals surface area contributed by atoms with Crippen LogP contribution in [0.5, 0.6) is 5.75 Å². The Hall–Kier alpha value is -1.81. The van der Waals surface area contributed by atoms with Crippen LogP contribution in [0.25, 0.3) is 6.08 Å². The topological polar surface area (TPSA) is 59.4 Å². The van der Waals surface area contributed by atoms with Gasteiger partial charge in [0.25, 0.3) is 0 Å². The summed E-state index contributed by atoms with van der Waals surface area (Å²) in [5, 5.41) is 8.57. The van der Waals surface area contributed by atoms with Crippen LogP contribution >= 0.6 is 11.6 Å². The van der Waals surface area contributed by atoms with Crippen molar-refractivity contribution in [2.24, 2.45) is 0 Å². The molecule has 17 heavy (non-hydrogen) atoms. The van der Waals surface area contributed by atoms with E-state index in [1.807, 2.05) is 6.92 Å². The van der Waals surface area contributed by atoms with Crippen LogP contribution in [-0.2, 0) is 4.79 Å². The summed E-state index contributed by atoms with van der Waals surface area (Å²) in [6.45, 7) is 2.13. The molecule has 0 spiro atoms. The van der Waals surface area contributed by atoms with E-state index in [0.29, 0.717) is 18.1 Å². The number of halogens is 1. The summed E-state index contributed by atoms with van der Waals surface area (Å²) in [7, 11) is 0. The summed E-state index contributed by atoms with van der Waals surface area (Å²) in [6.07, 6.45) is 4.05. The maximum absolute atomic E-state index is 10.4. The van der Waals surface area contributed by atoms with Gasteiger partial charge in [-0.1, -0.05) is 11.6 Å². The van der Waals surface area contributed by atoms with Crippen LogP contribution < -0.4 is 4.74 Å². The van der Waals surface area contributed by atoms with E-state index in [4.69, 9.17) is 21.4 Å². The Morgan fingerprint density at radius 1 is 1.59 bits per heavy atom. The summed E-state index contributed by atoms with van der Waals surface area (Å²) in [4.78, 5) is 14.6. The molecule has 0 fully saturated rings. The second-order valence-electron chi connectivity index (χ2n) is 3.18. The van der Waals surface area contributed by atoms with Gasteiger partial charge in [-0.25, -0.2) is 9.78 Å². The zero-order valence-electron chi connectivity index (χ0n) is 9.26. The van der Waals surface area contributed by atoms with Crippen molar-refractivity contribution < 1.29 is 14.6 Å². The molecule has 0 amide bonds. The van der Waals surface area contributed by atoms with Gasteiger partial charge in [0.05, 0.1) is 0 Å². The molecule has 0 unspecified atom stereocenters. The normalized spacial score (nSPS) is 11.2. The van der Waals surface area contributed by atoms with Crippen molar-refractivity contribution in [3.05, 3.63) is 41.2 Å². The number of aromatic nitrogens is 1. The first-order valence-electron chi connectivity index (χ1n) is 4.90. The third kappa shape index (κ3) is 4.70. The summed E-state index contributed by atoms with van der Waals surface area (Å²) in [5.41, 5.74) is 2.62. The van der Waals surface area contributed by atoms with Crippen molar-refractivity contribution >= 4 is 23.6 Å². The second kappa shape index (κ2) is 6.70. The highest BCUT2D eigenvalue weighted by molar-refractivity contribution is 6.25. The highest BCUT2D eigenvalue weighted by Gasteiger charge is 2.02. The Kier molecular flexibility index (Phi) is 5.23. The van der Waals surface area contributed by atoms with Crippen molar-refractivity contribution in [1.82, 2.24) is 4.98 Å². The number of rotatable bonds is 5. The lowest BCUT2D eigenvalue weighted by molar-refractivity contribution is -0.131. The van der Waals surface area contributed by atoms with Crippen LogP contribution in [-0.4, -0.2) is 22.7 Å². The van der Waals surface area contributed by atoms with E-state index < -0.39 is 5.97 Å². The van der Waals surface area contributed by atoms with E-state index in [1.54, 1.807) is 18.2 Å². The molecule has 0 saturated heterocycles. The Balaban J connectivity index is 2.91.